The molecule has 51 heavy (non-hydrogen) atoms. The number of amides is 1. The van der Waals surface area contributed by atoms with Gasteiger partial charge in [-0.05, 0) is 86.9 Å². The van der Waals surface area contributed by atoms with Gasteiger partial charge in [0.25, 0.3) is 5.56 Å². The Bertz CT molecular complexity index is 1940. The maximum absolute atomic E-state index is 14.1. The van der Waals surface area contributed by atoms with Crippen LogP contribution in [0, 0.1) is 5.41 Å². The number of carbonyl (C=O) groups is 3. The number of esters is 2. The van der Waals surface area contributed by atoms with Crippen molar-refractivity contribution < 1.29 is 28.6 Å². The number of aromatic nitrogens is 2. The quantitative estimate of drug-likeness (QED) is 0.191. The molecule has 11 heteroatoms. The van der Waals surface area contributed by atoms with Gasteiger partial charge in [-0.3, -0.25) is 9.59 Å². The molecule has 0 unspecified atom stereocenters. The van der Waals surface area contributed by atoms with Gasteiger partial charge in [-0.25, -0.2) is 14.6 Å². The van der Waals surface area contributed by atoms with E-state index in [1.807, 2.05) is 37.8 Å². The zero-order chi connectivity index (χ0) is 36.1. The summed E-state index contributed by atoms with van der Waals surface area (Å²) < 4.78 is 19.1. The van der Waals surface area contributed by atoms with Crippen molar-refractivity contribution in [3.05, 3.63) is 56.9 Å². The molecule has 2 aromatic heterocycles. The number of carbonyl (C=O) groups excluding carboxylic acids is 3. The van der Waals surface area contributed by atoms with Gasteiger partial charge in [0, 0.05) is 35.6 Å². The van der Waals surface area contributed by atoms with Crippen LogP contribution in [0.5, 0.6) is 5.75 Å². The molecule has 0 bridgehead atoms. The average Bonchev–Trinajstić information content (AvgIpc) is 3.50. The number of rotatable bonds is 8. The van der Waals surface area contributed by atoms with Gasteiger partial charge in [0.05, 0.1) is 35.4 Å². The van der Waals surface area contributed by atoms with Crippen molar-refractivity contribution >= 4 is 28.9 Å². The minimum absolute atomic E-state index is 0.121. The fourth-order valence-corrected chi connectivity index (χ4v) is 8.37. The van der Waals surface area contributed by atoms with E-state index in [4.69, 9.17) is 19.2 Å². The lowest BCUT2D eigenvalue weighted by molar-refractivity contribution is -0.190. The predicted octanol–water partition coefficient (Wildman–Crippen LogP) is 6.47. The number of benzene rings is 1. The van der Waals surface area contributed by atoms with Gasteiger partial charge in [0.2, 0.25) is 5.60 Å². The van der Waals surface area contributed by atoms with Crippen molar-refractivity contribution in [1.29, 1.82) is 0 Å². The number of aryl methyl sites for hydroxylation is 1. The summed E-state index contributed by atoms with van der Waals surface area (Å²) in [6, 6.07) is 7.83. The fourth-order valence-electron chi connectivity index (χ4n) is 8.37. The molecule has 4 aliphatic rings. The summed E-state index contributed by atoms with van der Waals surface area (Å²) in [5.41, 5.74) is 2.21. The number of hydrogen-bond acceptors (Lipinski definition) is 9. The molecule has 1 aromatic carbocycles. The van der Waals surface area contributed by atoms with E-state index in [1.165, 1.54) is 19.3 Å². The largest absolute Gasteiger partial charge is 0.457 e. The van der Waals surface area contributed by atoms with Gasteiger partial charge < -0.3 is 28.6 Å². The third kappa shape index (κ3) is 6.32. The lowest BCUT2D eigenvalue weighted by atomic mass is 9.84. The van der Waals surface area contributed by atoms with E-state index >= 15 is 0 Å². The number of cyclic esters (lactones) is 1. The second-order valence-electron chi connectivity index (χ2n) is 15.4. The number of pyridine rings is 2. The molecule has 2 saturated heterocycles. The second-order valence-corrected chi connectivity index (χ2v) is 15.4. The van der Waals surface area contributed by atoms with E-state index in [9.17, 15) is 19.2 Å². The van der Waals surface area contributed by atoms with Gasteiger partial charge in [0.1, 0.15) is 12.4 Å². The van der Waals surface area contributed by atoms with Crippen molar-refractivity contribution in [2.75, 3.05) is 26.2 Å². The second kappa shape index (κ2) is 13.7. The smallest absolute Gasteiger partial charge is 0.415 e. The van der Waals surface area contributed by atoms with E-state index in [0.717, 1.165) is 48.9 Å². The zero-order valence-corrected chi connectivity index (χ0v) is 30.6. The molecule has 0 N–H and O–H groups in total. The van der Waals surface area contributed by atoms with Crippen LogP contribution in [0.1, 0.15) is 108 Å². The van der Waals surface area contributed by atoms with E-state index < -0.39 is 17.5 Å². The highest BCUT2D eigenvalue weighted by molar-refractivity contribution is 5.91. The third-order valence-corrected chi connectivity index (χ3v) is 11.8. The molecule has 6 heterocycles. The van der Waals surface area contributed by atoms with Crippen LogP contribution in [0.25, 0.3) is 22.3 Å². The monoisotopic (exact) mass is 698 g/mol. The first-order valence-corrected chi connectivity index (χ1v) is 18.8. The Kier molecular flexibility index (Phi) is 9.45. The summed E-state index contributed by atoms with van der Waals surface area (Å²) in [7, 11) is 0. The summed E-state index contributed by atoms with van der Waals surface area (Å²) >= 11 is 0. The Morgan fingerprint density at radius 3 is 2.43 bits per heavy atom. The third-order valence-electron chi connectivity index (χ3n) is 11.8. The number of piperidine rings is 2. The van der Waals surface area contributed by atoms with Gasteiger partial charge in [-0.2, -0.15) is 0 Å². The molecule has 272 valence electrons. The fraction of sp³-hybridized carbons (Fsp3) is 0.575. The standard InChI is InChI=1S/C40H50N4O7/c1-6-27-28-20-26(50-38(48)43-18-14-25(15-19-43)42-16-10-9-11-17-42)12-13-32(28)41-35-29(27)23-44-33(35)21-31-30(36(44)46)24-49-37(47)40(31,8-3)51-34(45)22-39(4,5)7-2/h12-13,20-21,25H,6-11,14-19,22-24H2,1-5H3/t40-/m0/s1. The van der Waals surface area contributed by atoms with Crippen LogP contribution in [0.3, 0.4) is 0 Å². The summed E-state index contributed by atoms with van der Waals surface area (Å²) in [6.45, 7) is 13.6. The SMILES string of the molecule is CCc1c2c(nc3ccc(OC(=O)N4CCC(N5CCCCC5)CC4)cc13)-c1cc3c(c(=O)n1C2)COC(=O)[C@@]3(CC)OC(=O)CC(C)(C)CC. The number of nitrogens with zero attached hydrogens (tertiary/aromatic N) is 4. The van der Waals surface area contributed by atoms with Gasteiger partial charge in [-0.1, -0.05) is 47.5 Å². The molecule has 11 nitrogen and oxygen atoms in total. The Hall–Kier alpha value is -4.25. The topological polar surface area (TPSA) is 120 Å². The molecule has 4 aliphatic heterocycles. The van der Waals surface area contributed by atoms with E-state index in [1.54, 1.807) is 23.6 Å². The minimum Gasteiger partial charge on any atom is -0.457 e. The first-order chi connectivity index (χ1) is 24.5. The summed E-state index contributed by atoms with van der Waals surface area (Å²) in [5.74, 6) is -0.719. The Morgan fingerprint density at radius 1 is 1.00 bits per heavy atom. The lowest BCUT2D eigenvalue weighted by Crippen LogP contribution is -2.48. The highest BCUT2D eigenvalue weighted by Gasteiger charge is 2.51. The van der Waals surface area contributed by atoms with Crippen LogP contribution in [-0.4, -0.2) is 69.6 Å². The molecule has 0 spiro atoms. The predicted molar refractivity (Wildman–Crippen MR) is 193 cm³/mol. The maximum Gasteiger partial charge on any atom is 0.415 e. The summed E-state index contributed by atoms with van der Waals surface area (Å²) in [5, 5.41) is 0.866. The Labute approximate surface area is 299 Å². The van der Waals surface area contributed by atoms with E-state index in [2.05, 4.69) is 11.8 Å². The molecular formula is C40H50N4O7. The van der Waals surface area contributed by atoms with E-state index in [-0.39, 0.29) is 36.5 Å². The first kappa shape index (κ1) is 35.2. The normalized spacial score (nSPS) is 20.8. The molecule has 3 aromatic rings. The molecule has 0 saturated carbocycles. The highest BCUT2D eigenvalue weighted by Crippen LogP contribution is 2.43. The average molecular weight is 699 g/mol. The highest BCUT2D eigenvalue weighted by atomic mass is 16.6. The maximum atomic E-state index is 14.1. The van der Waals surface area contributed by atoms with Crippen molar-refractivity contribution in [2.45, 2.75) is 117 Å². The summed E-state index contributed by atoms with van der Waals surface area (Å²) in [4.78, 5) is 63.5. The molecule has 0 aliphatic carbocycles. The molecule has 0 radical (unpaired) electrons. The van der Waals surface area contributed by atoms with Crippen molar-refractivity contribution in [1.82, 2.24) is 19.4 Å². The van der Waals surface area contributed by atoms with Crippen LogP contribution < -0.4 is 10.3 Å². The Morgan fingerprint density at radius 2 is 1.75 bits per heavy atom. The zero-order valence-electron chi connectivity index (χ0n) is 30.6. The number of likely N-dealkylation sites (tertiary alicyclic amines) is 2. The number of fused-ring (bicyclic) bond motifs is 5. The number of ether oxygens (including phenoxy) is 3. The Balaban J connectivity index is 1.17. The molecule has 2 fully saturated rings. The lowest BCUT2D eigenvalue weighted by Gasteiger charge is -2.39. The van der Waals surface area contributed by atoms with Crippen LogP contribution in [0.2, 0.25) is 0 Å². The van der Waals surface area contributed by atoms with Gasteiger partial charge in [-0.15, -0.1) is 0 Å². The number of hydrogen-bond donors (Lipinski definition) is 0. The molecular weight excluding hydrogens is 648 g/mol. The van der Waals surface area contributed by atoms with Crippen molar-refractivity contribution in [3.63, 3.8) is 0 Å². The molecule has 1 amide bonds. The minimum atomic E-state index is -1.72. The van der Waals surface area contributed by atoms with Crippen molar-refractivity contribution in [3.8, 4) is 17.1 Å². The molecule has 7 rings (SSSR count). The van der Waals surface area contributed by atoms with Crippen LogP contribution in [0.4, 0.5) is 4.79 Å². The van der Waals surface area contributed by atoms with Crippen LogP contribution >= 0.6 is 0 Å². The molecule has 1 atom stereocenters. The van der Waals surface area contributed by atoms with Gasteiger partial charge in [0.15, 0.2) is 0 Å². The van der Waals surface area contributed by atoms with Crippen molar-refractivity contribution in [2.24, 2.45) is 5.41 Å². The summed E-state index contributed by atoms with van der Waals surface area (Å²) in [6.07, 6.45) is 7.10. The van der Waals surface area contributed by atoms with Crippen LogP contribution in [-0.2, 0) is 44.2 Å². The van der Waals surface area contributed by atoms with E-state index in [0.29, 0.717) is 65.9 Å². The van der Waals surface area contributed by atoms with Gasteiger partial charge >= 0.3 is 18.0 Å². The van der Waals surface area contributed by atoms with Crippen LogP contribution in [0.15, 0.2) is 29.1 Å². The first-order valence-electron chi connectivity index (χ1n) is 18.8.